The zero-order valence-electron chi connectivity index (χ0n) is 36.3. The van der Waals surface area contributed by atoms with Gasteiger partial charge in [0.15, 0.2) is 0 Å². The van der Waals surface area contributed by atoms with E-state index in [1.165, 1.54) is 19.8 Å². The molecule has 0 aromatic carbocycles. The van der Waals surface area contributed by atoms with Crippen LogP contribution in [0.4, 0.5) is 0 Å². The average Bonchev–Trinajstić information content (AvgIpc) is 3.11. The van der Waals surface area contributed by atoms with Crippen molar-refractivity contribution >= 4 is 23.8 Å². The van der Waals surface area contributed by atoms with Gasteiger partial charge in [-0.05, 0) is 123 Å². The van der Waals surface area contributed by atoms with E-state index in [-0.39, 0.29) is 50.5 Å². The number of nitrogens with one attached hydrogen (secondary N) is 2. The second kappa shape index (κ2) is 16.8. The number of carbonyl (C=O) groups is 4. The van der Waals surface area contributed by atoms with Crippen LogP contribution in [0.2, 0.25) is 0 Å². The van der Waals surface area contributed by atoms with Crippen molar-refractivity contribution in [1.29, 1.82) is 0 Å². The van der Waals surface area contributed by atoms with Crippen molar-refractivity contribution in [2.45, 2.75) is 203 Å². The van der Waals surface area contributed by atoms with Crippen LogP contribution in [0.3, 0.4) is 0 Å². The number of hydrogen-bond donors (Lipinski definition) is 3. The lowest BCUT2D eigenvalue weighted by Crippen LogP contribution is -2.65. The van der Waals surface area contributed by atoms with Crippen LogP contribution < -0.4 is 10.6 Å². The molecule has 5 aliphatic rings. The Morgan fingerprint density at radius 3 is 2.11 bits per heavy atom. The number of ether oxygens (including phenoxy) is 1. The van der Waals surface area contributed by atoms with E-state index in [9.17, 15) is 19.2 Å². The van der Waals surface area contributed by atoms with E-state index < -0.39 is 12.0 Å². The third kappa shape index (κ3) is 8.45. The first-order chi connectivity index (χ1) is 25.8. The number of aliphatic carboxylic acids is 1. The molecule has 55 heavy (non-hydrogen) atoms. The molecule has 4 fully saturated rings. The number of carbonyl (C=O) groups excluding carboxylic acids is 3. The molecule has 3 N–H and O–H groups in total. The molecule has 0 bridgehead atoms. The Bertz CT molecular complexity index is 1450. The van der Waals surface area contributed by atoms with Gasteiger partial charge in [-0.15, -0.1) is 0 Å². The number of unbranched alkanes of at least 4 members (excludes halogenated alkanes) is 7. The second-order valence-corrected chi connectivity index (χ2v) is 21.0. The molecule has 0 spiro atoms. The summed E-state index contributed by atoms with van der Waals surface area (Å²) in [5, 5.41) is 14.9. The van der Waals surface area contributed by atoms with Crippen molar-refractivity contribution in [2.75, 3.05) is 6.54 Å². The lowest BCUT2D eigenvalue weighted by atomic mass is 9.33. The van der Waals surface area contributed by atoms with Crippen LogP contribution in [0.15, 0.2) is 11.6 Å². The van der Waals surface area contributed by atoms with E-state index in [2.05, 4.69) is 65.2 Å². The monoisotopic (exact) mass is 767 g/mol. The van der Waals surface area contributed by atoms with E-state index in [1.54, 1.807) is 5.57 Å². The molecule has 0 heterocycles. The number of rotatable bonds is 16. The molecule has 4 saturated carbocycles. The normalized spacial score (nSPS) is 36.4. The summed E-state index contributed by atoms with van der Waals surface area (Å²) in [6.07, 6.45) is 22.7. The van der Waals surface area contributed by atoms with Crippen molar-refractivity contribution in [2.24, 2.45) is 50.2 Å². The van der Waals surface area contributed by atoms with Gasteiger partial charge in [-0.2, -0.15) is 0 Å². The predicted octanol–water partition coefficient (Wildman–Crippen LogP) is 10.3. The molecule has 8 heteroatoms. The third-order valence-corrected chi connectivity index (χ3v) is 17.0. The largest absolute Gasteiger partial charge is 0.480 e. The van der Waals surface area contributed by atoms with Gasteiger partial charge in [-0.25, -0.2) is 0 Å². The first-order valence-corrected chi connectivity index (χ1v) is 22.5. The minimum atomic E-state index is -1.01. The summed E-state index contributed by atoms with van der Waals surface area (Å²) in [6, 6.07) is -0.840. The molecule has 0 aromatic heterocycles. The van der Waals surface area contributed by atoms with Crippen LogP contribution in [0.25, 0.3) is 0 Å². The van der Waals surface area contributed by atoms with Crippen molar-refractivity contribution in [3.8, 4) is 0 Å². The summed E-state index contributed by atoms with van der Waals surface area (Å²) in [6.45, 7) is 21.5. The zero-order valence-corrected chi connectivity index (χ0v) is 36.3. The third-order valence-electron chi connectivity index (χ3n) is 17.0. The Morgan fingerprint density at radius 2 is 1.45 bits per heavy atom. The van der Waals surface area contributed by atoms with Crippen LogP contribution in [-0.4, -0.2) is 47.6 Å². The molecule has 2 amide bonds. The van der Waals surface area contributed by atoms with Gasteiger partial charge in [0.2, 0.25) is 11.8 Å². The van der Waals surface area contributed by atoms with Gasteiger partial charge in [0, 0.05) is 24.8 Å². The minimum Gasteiger partial charge on any atom is -0.480 e. The molecule has 0 aromatic rings. The fourth-order valence-electron chi connectivity index (χ4n) is 13.3. The average molecular weight is 767 g/mol. The SMILES string of the molecule is CCC(=O)O[C@H]1CC[C@@]2(C)C(CC[C@]3(C)C2CC=C2C4CC(C)(C)CC[C@]4(C(=O)NCCCCCCCCCCC(=O)N[C@@H](C)C(=O)O)CC[C@]23C)C1(C)C. The number of carboxylic acid groups (broad SMARTS) is 1. The van der Waals surface area contributed by atoms with Crippen molar-refractivity contribution in [3.05, 3.63) is 11.6 Å². The van der Waals surface area contributed by atoms with Gasteiger partial charge >= 0.3 is 11.9 Å². The highest BCUT2D eigenvalue weighted by Crippen LogP contribution is 2.76. The maximum atomic E-state index is 14.5. The Balaban J connectivity index is 1.17. The number of esters is 1. The Hall–Kier alpha value is -2.38. The number of amides is 2. The molecule has 312 valence electrons. The van der Waals surface area contributed by atoms with Crippen LogP contribution in [0.1, 0.15) is 191 Å². The number of carboxylic acids is 1. The maximum absolute atomic E-state index is 14.5. The summed E-state index contributed by atoms with van der Waals surface area (Å²) in [7, 11) is 0. The Labute approximate surface area is 333 Å². The molecular weight excluding hydrogens is 689 g/mol. The van der Waals surface area contributed by atoms with Gasteiger partial charge in [0.1, 0.15) is 12.1 Å². The summed E-state index contributed by atoms with van der Waals surface area (Å²) in [5.74, 6) is 0.437. The first-order valence-electron chi connectivity index (χ1n) is 22.5. The van der Waals surface area contributed by atoms with E-state index in [4.69, 9.17) is 9.84 Å². The lowest BCUT2D eigenvalue weighted by molar-refractivity contribution is -0.212. The number of fused-ring (bicyclic) bond motifs is 7. The quantitative estimate of drug-likeness (QED) is 0.0817. The molecule has 0 saturated heterocycles. The molecule has 5 aliphatic carbocycles. The highest BCUT2D eigenvalue weighted by molar-refractivity contribution is 5.84. The fraction of sp³-hybridized carbons (Fsp3) is 0.872. The second-order valence-electron chi connectivity index (χ2n) is 21.0. The highest BCUT2D eigenvalue weighted by Gasteiger charge is 2.69. The summed E-state index contributed by atoms with van der Waals surface area (Å²) in [4.78, 5) is 49.7. The van der Waals surface area contributed by atoms with Crippen LogP contribution >= 0.6 is 0 Å². The summed E-state index contributed by atoms with van der Waals surface area (Å²) in [5.41, 5.74) is 1.91. The van der Waals surface area contributed by atoms with Crippen molar-refractivity contribution in [1.82, 2.24) is 10.6 Å². The zero-order chi connectivity index (χ0) is 40.5. The van der Waals surface area contributed by atoms with Crippen molar-refractivity contribution < 1.29 is 29.0 Å². The van der Waals surface area contributed by atoms with Gasteiger partial charge in [-0.3, -0.25) is 19.2 Å². The minimum absolute atomic E-state index is 0.00699. The smallest absolute Gasteiger partial charge is 0.325 e. The van der Waals surface area contributed by atoms with Gasteiger partial charge in [-0.1, -0.05) is 106 Å². The molecule has 5 rings (SSSR count). The molecular formula is C47H78N2O6. The molecule has 0 aliphatic heterocycles. The number of hydrogen-bond acceptors (Lipinski definition) is 5. The van der Waals surface area contributed by atoms with Crippen molar-refractivity contribution in [3.63, 3.8) is 0 Å². The fourth-order valence-corrected chi connectivity index (χ4v) is 13.3. The molecule has 8 nitrogen and oxygen atoms in total. The van der Waals surface area contributed by atoms with E-state index in [0.717, 1.165) is 109 Å². The van der Waals surface area contributed by atoms with E-state index in [0.29, 0.717) is 36.5 Å². The first kappa shape index (κ1) is 43.7. The molecule has 9 atom stereocenters. The maximum Gasteiger partial charge on any atom is 0.325 e. The van der Waals surface area contributed by atoms with E-state index >= 15 is 0 Å². The highest BCUT2D eigenvalue weighted by atomic mass is 16.5. The Kier molecular flexibility index (Phi) is 13.4. The molecule has 0 radical (unpaired) electrons. The van der Waals surface area contributed by atoms with Crippen LogP contribution in [0.5, 0.6) is 0 Å². The number of allylic oxidation sites excluding steroid dienone is 2. The van der Waals surface area contributed by atoms with E-state index in [1.807, 2.05) is 6.92 Å². The predicted molar refractivity (Wildman–Crippen MR) is 219 cm³/mol. The Morgan fingerprint density at radius 1 is 0.818 bits per heavy atom. The van der Waals surface area contributed by atoms with Gasteiger partial charge < -0.3 is 20.5 Å². The lowest BCUT2D eigenvalue weighted by Gasteiger charge is -2.71. The summed E-state index contributed by atoms with van der Waals surface area (Å²) < 4.78 is 6.11. The van der Waals surface area contributed by atoms with Gasteiger partial charge in [0.05, 0.1) is 5.41 Å². The standard InChI is InChI=1S/C47H78N2O6/c1-10-39(51)55-37-23-24-44(7)35(43(37,5)6)22-25-46(9)36(44)21-20-33-34-31-42(3,4)26-28-47(34,29-27-45(33,46)8)41(54)48-30-18-16-14-12-11-13-15-17-19-38(50)49-32(2)40(52)53/h20,32,34-37H,10-19,21-31H2,1-9H3,(H,48,54)(H,49,50)(H,52,53)/t32-,34?,35?,36?,37-,44-,45+,46+,47-/m0/s1. The van der Waals surface area contributed by atoms with Crippen LogP contribution in [0, 0.1) is 50.2 Å². The van der Waals surface area contributed by atoms with Crippen LogP contribution in [-0.2, 0) is 23.9 Å². The topological polar surface area (TPSA) is 122 Å². The van der Waals surface area contributed by atoms with Gasteiger partial charge in [0.25, 0.3) is 0 Å². The summed E-state index contributed by atoms with van der Waals surface area (Å²) >= 11 is 0. The molecule has 3 unspecified atom stereocenters.